The van der Waals surface area contributed by atoms with E-state index in [0.29, 0.717) is 37.4 Å². The van der Waals surface area contributed by atoms with Crippen LogP contribution in [0.15, 0.2) is 71.2 Å². The molecule has 1 N–H and O–H groups in total. The Bertz CT molecular complexity index is 1090. The molecule has 0 amide bonds. The van der Waals surface area contributed by atoms with Crippen LogP contribution in [0.2, 0.25) is 0 Å². The molecule has 1 saturated heterocycles. The molecule has 0 spiro atoms. The number of carbonyl (C=O) groups is 1. The molecule has 1 atom stereocenters. The maximum Gasteiger partial charge on any atom is 0.306 e. The topological polar surface area (TPSA) is 59.0 Å². The third-order valence-corrected chi connectivity index (χ3v) is 7.06. The Morgan fingerprint density at radius 1 is 0.939 bits per heavy atom. The third-order valence-electron chi connectivity index (χ3n) is 6.37. The van der Waals surface area contributed by atoms with Crippen molar-refractivity contribution in [3.05, 3.63) is 82.3 Å². The summed E-state index contributed by atoms with van der Waals surface area (Å²) in [5.41, 5.74) is 4.55. The van der Waals surface area contributed by atoms with Crippen molar-refractivity contribution in [3.63, 3.8) is 0 Å². The molecule has 33 heavy (non-hydrogen) atoms. The highest BCUT2D eigenvalue weighted by Crippen LogP contribution is 2.42. The summed E-state index contributed by atoms with van der Waals surface area (Å²) in [7, 11) is 3.26. The zero-order chi connectivity index (χ0) is 23.4. The van der Waals surface area contributed by atoms with Gasteiger partial charge in [0.25, 0.3) is 0 Å². The first-order valence-corrected chi connectivity index (χ1v) is 11.8. The maximum absolute atomic E-state index is 11.5. The summed E-state index contributed by atoms with van der Waals surface area (Å²) in [5.74, 6) is 0.347. The Morgan fingerprint density at radius 2 is 1.52 bits per heavy atom. The highest BCUT2D eigenvalue weighted by Gasteiger charge is 2.31. The van der Waals surface area contributed by atoms with Gasteiger partial charge in [0.2, 0.25) is 0 Å². The number of carboxylic acids is 1. The molecule has 1 heterocycles. The molecule has 0 aromatic heterocycles. The summed E-state index contributed by atoms with van der Waals surface area (Å²) < 4.78 is 12.0. The van der Waals surface area contributed by atoms with Crippen LogP contribution >= 0.6 is 15.9 Å². The summed E-state index contributed by atoms with van der Waals surface area (Å²) in [6.45, 7) is 1.42. The van der Waals surface area contributed by atoms with E-state index in [4.69, 9.17) is 9.47 Å². The van der Waals surface area contributed by atoms with E-state index in [9.17, 15) is 9.90 Å². The Balaban J connectivity index is 1.73. The molecule has 6 heteroatoms. The lowest BCUT2D eigenvalue weighted by molar-refractivity contribution is -0.143. The Hall–Kier alpha value is -2.83. The molecule has 0 radical (unpaired) electrons. The quantitative estimate of drug-likeness (QED) is 0.421. The van der Waals surface area contributed by atoms with Gasteiger partial charge < -0.3 is 14.6 Å². The number of hydrogen-bond donors (Lipinski definition) is 1. The molecule has 0 aliphatic carbocycles. The summed E-state index contributed by atoms with van der Waals surface area (Å²) >= 11 is 3.75. The van der Waals surface area contributed by atoms with Crippen molar-refractivity contribution in [3.8, 4) is 22.6 Å². The highest BCUT2D eigenvalue weighted by molar-refractivity contribution is 9.10. The van der Waals surface area contributed by atoms with Crippen molar-refractivity contribution in [2.75, 3.05) is 27.3 Å². The van der Waals surface area contributed by atoms with E-state index in [2.05, 4.69) is 57.2 Å². The second-order valence-corrected chi connectivity index (χ2v) is 9.12. The van der Waals surface area contributed by atoms with Gasteiger partial charge in [-0.05, 0) is 60.3 Å². The third kappa shape index (κ3) is 5.07. The van der Waals surface area contributed by atoms with Crippen molar-refractivity contribution in [1.82, 2.24) is 4.90 Å². The van der Waals surface area contributed by atoms with Crippen LogP contribution in [0.5, 0.6) is 11.5 Å². The van der Waals surface area contributed by atoms with Gasteiger partial charge >= 0.3 is 5.97 Å². The maximum atomic E-state index is 11.5. The summed E-state index contributed by atoms with van der Waals surface area (Å²) in [4.78, 5) is 13.9. The molecule has 1 aliphatic rings. The summed E-state index contributed by atoms with van der Waals surface area (Å²) in [6.07, 6.45) is 1.28. The van der Waals surface area contributed by atoms with Crippen LogP contribution in [-0.4, -0.2) is 43.3 Å². The first-order valence-electron chi connectivity index (χ1n) is 11.1. The summed E-state index contributed by atoms with van der Waals surface area (Å²) in [6, 6.07) is 22.8. The smallest absolute Gasteiger partial charge is 0.306 e. The van der Waals surface area contributed by atoms with Crippen molar-refractivity contribution >= 4 is 21.9 Å². The Kier molecular flexibility index (Phi) is 7.36. The van der Waals surface area contributed by atoms with Crippen LogP contribution in [0.4, 0.5) is 0 Å². The molecule has 1 unspecified atom stereocenters. The predicted molar refractivity (Wildman–Crippen MR) is 133 cm³/mol. The van der Waals surface area contributed by atoms with E-state index in [-0.39, 0.29) is 12.0 Å². The molecule has 5 nitrogen and oxygen atoms in total. The van der Waals surface area contributed by atoms with Gasteiger partial charge in [-0.1, -0.05) is 70.5 Å². The SMILES string of the molecule is COc1cc(Br)c(C(c2ccc(-c3ccccc3)cc2)N2CCC(C(=O)O)CC2)cc1OC. The number of likely N-dealkylation sites (tertiary alicyclic amines) is 1. The van der Waals surface area contributed by atoms with Gasteiger partial charge in [0.05, 0.1) is 26.2 Å². The van der Waals surface area contributed by atoms with E-state index < -0.39 is 5.97 Å². The molecular weight excluding hydrogens is 482 g/mol. The molecule has 0 saturated carbocycles. The van der Waals surface area contributed by atoms with Gasteiger partial charge in [0.1, 0.15) is 0 Å². The lowest BCUT2D eigenvalue weighted by Gasteiger charge is -2.37. The van der Waals surface area contributed by atoms with Gasteiger partial charge in [-0.2, -0.15) is 0 Å². The van der Waals surface area contributed by atoms with E-state index >= 15 is 0 Å². The average Bonchev–Trinajstić information content (AvgIpc) is 2.86. The number of benzene rings is 3. The van der Waals surface area contributed by atoms with E-state index in [0.717, 1.165) is 21.2 Å². The van der Waals surface area contributed by atoms with Crippen LogP contribution in [0.25, 0.3) is 11.1 Å². The molecule has 3 aromatic rings. The largest absolute Gasteiger partial charge is 0.493 e. The van der Waals surface area contributed by atoms with Gasteiger partial charge in [0, 0.05) is 4.47 Å². The molecule has 172 valence electrons. The molecule has 4 rings (SSSR count). The molecule has 3 aromatic carbocycles. The monoisotopic (exact) mass is 509 g/mol. The number of piperidine rings is 1. The first-order chi connectivity index (χ1) is 16.0. The predicted octanol–water partition coefficient (Wildman–Crippen LogP) is 6.02. The Morgan fingerprint density at radius 3 is 2.09 bits per heavy atom. The van der Waals surface area contributed by atoms with Crippen molar-refractivity contribution in [1.29, 1.82) is 0 Å². The second-order valence-electron chi connectivity index (χ2n) is 8.27. The van der Waals surface area contributed by atoms with E-state index in [1.165, 1.54) is 5.56 Å². The van der Waals surface area contributed by atoms with Crippen LogP contribution in [0, 0.1) is 5.92 Å². The number of halogens is 1. The van der Waals surface area contributed by atoms with Crippen LogP contribution in [0.3, 0.4) is 0 Å². The highest BCUT2D eigenvalue weighted by atomic mass is 79.9. The zero-order valence-corrected chi connectivity index (χ0v) is 20.4. The average molecular weight is 510 g/mol. The number of ether oxygens (including phenoxy) is 2. The minimum absolute atomic E-state index is 0.0428. The molecule has 0 bridgehead atoms. The van der Waals surface area contributed by atoms with Crippen LogP contribution in [-0.2, 0) is 4.79 Å². The fraction of sp³-hybridized carbons (Fsp3) is 0.296. The lowest BCUT2D eigenvalue weighted by atomic mass is 9.90. The second kappa shape index (κ2) is 10.4. The minimum Gasteiger partial charge on any atom is -0.493 e. The fourth-order valence-corrected chi connectivity index (χ4v) is 5.10. The lowest BCUT2D eigenvalue weighted by Crippen LogP contribution is -2.39. The standard InChI is InChI=1S/C27H28BrNO4/c1-32-24-16-22(23(28)17-25(24)33-2)26(29-14-12-21(13-15-29)27(30)31)20-10-8-19(9-11-20)18-6-4-3-5-7-18/h3-11,16-17,21,26H,12-15H2,1-2H3,(H,30,31). The molecule has 1 aliphatic heterocycles. The van der Waals surface area contributed by atoms with Gasteiger partial charge in [0.15, 0.2) is 11.5 Å². The first kappa shape index (κ1) is 23.3. The van der Waals surface area contributed by atoms with Crippen molar-refractivity contribution in [2.24, 2.45) is 5.92 Å². The fourth-order valence-electron chi connectivity index (χ4n) is 4.56. The Labute approximate surface area is 203 Å². The van der Waals surface area contributed by atoms with Gasteiger partial charge in [-0.3, -0.25) is 9.69 Å². The van der Waals surface area contributed by atoms with Crippen molar-refractivity contribution < 1.29 is 19.4 Å². The van der Waals surface area contributed by atoms with E-state index in [1.807, 2.05) is 30.3 Å². The number of hydrogen-bond acceptors (Lipinski definition) is 4. The van der Waals surface area contributed by atoms with E-state index in [1.54, 1.807) is 14.2 Å². The van der Waals surface area contributed by atoms with Gasteiger partial charge in [-0.15, -0.1) is 0 Å². The zero-order valence-electron chi connectivity index (χ0n) is 18.8. The minimum atomic E-state index is -0.703. The number of nitrogens with zero attached hydrogens (tertiary/aromatic N) is 1. The molecular formula is C27H28BrNO4. The van der Waals surface area contributed by atoms with Crippen LogP contribution in [0.1, 0.15) is 30.0 Å². The molecule has 1 fully saturated rings. The number of aliphatic carboxylic acids is 1. The van der Waals surface area contributed by atoms with Crippen LogP contribution < -0.4 is 9.47 Å². The normalized spacial score (nSPS) is 15.7. The van der Waals surface area contributed by atoms with Crippen molar-refractivity contribution in [2.45, 2.75) is 18.9 Å². The van der Waals surface area contributed by atoms with Gasteiger partial charge in [-0.25, -0.2) is 0 Å². The number of methoxy groups -OCH3 is 2. The number of carboxylic acid groups (broad SMARTS) is 1. The number of rotatable bonds is 7. The summed E-state index contributed by atoms with van der Waals surface area (Å²) in [5, 5.41) is 9.45.